The van der Waals surface area contributed by atoms with Crippen molar-refractivity contribution in [3.63, 3.8) is 0 Å². The summed E-state index contributed by atoms with van der Waals surface area (Å²) >= 11 is 1.18. The van der Waals surface area contributed by atoms with Crippen molar-refractivity contribution in [1.29, 1.82) is 0 Å². The topological polar surface area (TPSA) is 132 Å². The molecule has 8 nitrogen and oxygen atoms in total. The Morgan fingerprint density at radius 2 is 1.80 bits per heavy atom. The van der Waals surface area contributed by atoms with Crippen molar-refractivity contribution in [3.8, 4) is 0 Å². The van der Waals surface area contributed by atoms with Crippen LogP contribution in [0, 0.1) is 0 Å². The third kappa shape index (κ3) is 4.55. The van der Waals surface area contributed by atoms with E-state index >= 15 is 0 Å². The van der Waals surface area contributed by atoms with Crippen molar-refractivity contribution < 1.29 is 13.2 Å². The summed E-state index contributed by atoms with van der Waals surface area (Å²) in [4.78, 5) is 22.8. The first kappa shape index (κ1) is 18.2. The molecular formula is C15H23N5O3S2. The predicted octanol–water partition coefficient (Wildman–Crippen LogP) is 0.691. The highest BCUT2D eigenvalue weighted by Crippen LogP contribution is 2.30. The lowest BCUT2D eigenvalue weighted by Gasteiger charge is -2.34. The minimum Gasteiger partial charge on any atom is -0.383 e. The Morgan fingerprint density at radius 3 is 2.36 bits per heavy atom. The van der Waals surface area contributed by atoms with Gasteiger partial charge in [-0.25, -0.2) is 18.4 Å². The molecule has 4 N–H and O–H groups in total. The summed E-state index contributed by atoms with van der Waals surface area (Å²) in [6, 6.07) is 1.38. The molecule has 25 heavy (non-hydrogen) atoms. The van der Waals surface area contributed by atoms with E-state index in [0.29, 0.717) is 11.6 Å². The number of nitrogen functional groups attached to an aromatic ring is 2. The van der Waals surface area contributed by atoms with Gasteiger partial charge in [0, 0.05) is 18.2 Å². The number of anilines is 2. The number of carbonyl (C=O) groups is 1. The van der Waals surface area contributed by atoms with Crippen LogP contribution >= 0.6 is 11.8 Å². The summed E-state index contributed by atoms with van der Waals surface area (Å²) in [5, 5.41) is 0.358. The van der Waals surface area contributed by atoms with Crippen LogP contribution in [0.2, 0.25) is 0 Å². The molecule has 0 bridgehead atoms. The SMILES string of the molecule is Nc1cc(N)nc(SCC(=O)N(C2CCCC2)[C@H]2CCS(=O)(=O)C2)n1. The van der Waals surface area contributed by atoms with Crippen LogP contribution in [-0.2, 0) is 14.6 Å². The molecule has 1 amide bonds. The van der Waals surface area contributed by atoms with Gasteiger partial charge in [-0.3, -0.25) is 4.79 Å². The Morgan fingerprint density at radius 1 is 1.16 bits per heavy atom. The van der Waals surface area contributed by atoms with E-state index in [1.807, 2.05) is 4.90 Å². The zero-order valence-corrected chi connectivity index (χ0v) is 15.6. The van der Waals surface area contributed by atoms with Crippen molar-refractivity contribution in [2.24, 2.45) is 0 Å². The second kappa shape index (κ2) is 7.36. The highest BCUT2D eigenvalue weighted by Gasteiger charge is 2.38. The lowest BCUT2D eigenvalue weighted by Crippen LogP contribution is -2.47. The molecule has 1 aromatic rings. The molecule has 0 spiro atoms. The van der Waals surface area contributed by atoms with Gasteiger partial charge in [-0.05, 0) is 19.3 Å². The quantitative estimate of drug-likeness (QED) is 0.559. The van der Waals surface area contributed by atoms with Gasteiger partial charge in [-0.15, -0.1) is 0 Å². The number of rotatable bonds is 5. The van der Waals surface area contributed by atoms with E-state index in [4.69, 9.17) is 11.5 Å². The molecule has 0 unspecified atom stereocenters. The summed E-state index contributed by atoms with van der Waals surface area (Å²) in [7, 11) is -3.04. The van der Waals surface area contributed by atoms with Gasteiger partial charge in [0.2, 0.25) is 5.91 Å². The van der Waals surface area contributed by atoms with E-state index in [2.05, 4.69) is 9.97 Å². The first-order chi connectivity index (χ1) is 11.8. The molecule has 2 heterocycles. The first-order valence-electron chi connectivity index (χ1n) is 8.38. The molecule has 1 aliphatic heterocycles. The number of amides is 1. The maximum atomic E-state index is 12.9. The fraction of sp³-hybridized carbons (Fsp3) is 0.667. The van der Waals surface area contributed by atoms with Crippen LogP contribution in [0.1, 0.15) is 32.1 Å². The van der Waals surface area contributed by atoms with Crippen LogP contribution in [-0.4, -0.2) is 58.5 Å². The lowest BCUT2D eigenvalue weighted by molar-refractivity contribution is -0.132. The van der Waals surface area contributed by atoms with E-state index < -0.39 is 9.84 Å². The van der Waals surface area contributed by atoms with E-state index in [1.165, 1.54) is 17.8 Å². The van der Waals surface area contributed by atoms with Crippen molar-refractivity contribution in [2.45, 2.75) is 49.3 Å². The number of thioether (sulfide) groups is 1. The van der Waals surface area contributed by atoms with Gasteiger partial charge < -0.3 is 16.4 Å². The van der Waals surface area contributed by atoms with Gasteiger partial charge in [0.05, 0.1) is 17.3 Å². The maximum Gasteiger partial charge on any atom is 0.233 e. The fourth-order valence-corrected chi connectivity index (χ4v) is 6.06. The number of hydrogen-bond donors (Lipinski definition) is 2. The molecule has 0 aromatic carbocycles. The van der Waals surface area contributed by atoms with Crippen LogP contribution < -0.4 is 11.5 Å². The fourth-order valence-electron chi connectivity index (χ4n) is 3.61. The van der Waals surface area contributed by atoms with Crippen LogP contribution in [0.15, 0.2) is 11.2 Å². The molecule has 1 aromatic heterocycles. The average molecular weight is 386 g/mol. The Balaban J connectivity index is 1.70. The molecule has 2 aliphatic rings. The monoisotopic (exact) mass is 385 g/mol. The zero-order valence-electron chi connectivity index (χ0n) is 13.9. The van der Waals surface area contributed by atoms with E-state index in [0.717, 1.165) is 25.7 Å². The zero-order chi connectivity index (χ0) is 18.0. The Kier molecular flexibility index (Phi) is 5.38. The molecule has 3 rings (SSSR count). The van der Waals surface area contributed by atoms with Gasteiger partial charge in [0.1, 0.15) is 11.6 Å². The molecule has 0 radical (unpaired) electrons. The molecule has 2 fully saturated rings. The van der Waals surface area contributed by atoms with Gasteiger partial charge >= 0.3 is 0 Å². The smallest absolute Gasteiger partial charge is 0.233 e. The first-order valence-corrected chi connectivity index (χ1v) is 11.2. The third-order valence-electron chi connectivity index (χ3n) is 4.68. The summed E-state index contributed by atoms with van der Waals surface area (Å²) in [6.07, 6.45) is 4.56. The number of carbonyl (C=O) groups excluding carboxylic acids is 1. The van der Waals surface area contributed by atoms with Gasteiger partial charge in [-0.1, -0.05) is 24.6 Å². The number of sulfone groups is 1. The molecule has 138 valence electrons. The van der Waals surface area contributed by atoms with Crippen molar-refractivity contribution in [2.75, 3.05) is 28.7 Å². The summed E-state index contributed by atoms with van der Waals surface area (Å²) < 4.78 is 23.7. The summed E-state index contributed by atoms with van der Waals surface area (Å²) in [5.41, 5.74) is 11.3. The molecule has 1 atom stereocenters. The van der Waals surface area contributed by atoms with Crippen molar-refractivity contribution in [3.05, 3.63) is 6.07 Å². The molecule has 1 aliphatic carbocycles. The molecule has 1 saturated heterocycles. The maximum absolute atomic E-state index is 12.9. The number of aromatic nitrogens is 2. The lowest BCUT2D eigenvalue weighted by atomic mass is 10.1. The van der Waals surface area contributed by atoms with Crippen molar-refractivity contribution in [1.82, 2.24) is 14.9 Å². The molecule has 10 heteroatoms. The number of hydrogen-bond acceptors (Lipinski definition) is 8. The minimum absolute atomic E-state index is 0.0661. The second-order valence-corrected chi connectivity index (χ2v) is 9.76. The van der Waals surface area contributed by atoms with Crippen molar-refractivity contribution >= 4 is 39.1 Å². The second-order valence-electron chi connectivity index (χ2n) is 6.59. The standard InChI is InChI=1S/C15H23N5O3S2/c16-12-7-13(17)19-15(18-12)24-8-14(21)20(10-3-1-2-4-10)11-5-6-25(22,23)9-11/h7,10-11H,1-6,8-9H2,(H4,16,17,18,19)/t11-/m0/s1. The number of nitrogens with two attached hydrogens (primary N) is 2. The van der Waals surface area contributed by atoms with E-state index in [-0.39, 0.29) is 46.9 Å². The molecular weight excluding hydrogens is 362 g/mol. The van der Waals surface area contributed by atoms with E-state index in [9.17, 15) is 13.2 Å². The summed E-state index contributed by atoms with van der Waals surface area (Å²) in [5.74, 6) is 0.839. The van der Waals surface area contributed by atoms with E-state index in [1.54, 1.807) is 0 Å². The minimum atomic E-state index is -3.04. The van der Waals surface area contributed by atoms with Crippen LogP contribution in [0.3, 0.4) is 0 Å². The van der Waals surface area contributed by atoms with Crippen LogP contribution in [0.25, 0.3) is 0 Å². The Labute approximate surface area is 151 Å². The van der Waals surface area contributed by atoms with Gasteiger partial charge in [0.25, 0.3) is 0 Å². The average Bonchev–Trinajstić information content (AvgIpc) is 3.15. The largest absolute Gasteiger partial charge is 0.383 e. The summed E-state index contributed by atoms with van der Waals surface area (Å²) in [6.45, 7) is 0. The van der Waals surface area contributed by atoms with Gasteiger partial charge in [-0.2, -0.15) is 0 Å². The van der Waals surface area contributed by atoms with Crippen LogP contribution in [0.4, 0.5) is 11.6 Å². The highest BCUT2D eigenvalue weighted by atomic mass is 32.2. The normalized spacial score (nSPS) is 23.0. The predicted molar refractivity (Wildman–Crippen MR) is 97.7 cm³/mol. The molecule has 1 saturated carbocycles. The Bertz CT molecular complexity index is 729. The Hall–Kier alpha value is -1.55. The van der Waals surface area contributed by atoms with Gasteiger partial charge in [0.15, 0.2) is 15.0 Å². The third-order valence-corrected chi connectivity index (χ3v) is 7.26. The highest BCUT2D eigenvalue weighted by molar-refractivity contribution is 7.99. The number of nitrogens with zero attached hydrogens (tertiary/aromatic N) is 3. The van der Waals surface area contributed by atoms with Crippen LogP contribution in [0.5, 0.6) is 0 Å².